The minimum absolute atomic E-state index is 0.0185. The summed E-state index contributed by atoms with van der Waals surface area (Å²) >= 11 is 5.81. The first-order chi connectivity index (χ1) is 8.54. The molecule has 0 saturated heterocycles. The molecular weight excluding hydrogens is 258 g/mol. The maximum Gasteiger partial charge on any atom is 0.290 e. The molecule has 2 rings (SSSR count). The van der Waals surface area contributed by atoms with Gasteiger partial charge in [0, 0.05) is 13.1 Å². The number of halogens is 1. The number of aryl methyl sites for hydroxylation is 2. The standard InChI is InChI=1S/C10H10ClN5O2/c1-6-8(16(17)18)4-3-7(12-6)10-9(5-11)15(2)14-13-10/h3-4H,5H2,1-2H3. The minimum Gasteiger partial charge on any atom is -0.258 e. The van der Waals surface area contributed by atoms with Crippen molar-refractivity contribution in [3.63, 3.8) is 0 Å². The van der Waals surface area contributed by atoms with Crippen molar-refractivity contribution < 1.29 is 4.92 Å². The molecule has 0 spiro atoms. The molecule has 0 bridgehead atoms. The van der Waals surface area contributed by atoms with Gasteiger partial charge < -0.3 is 0 Å². The molecule has 94 valence electrons. The summed E-state index contributed by atoms with van der Waals surface area (Å²) in [6.45, 7) is 1.58. The van der Waals surface area contributed by atoms with Crippen LogP contribution in [0.25, 0.3) is 11.4 Å². The molecule has 0 unspecified atom stereocenters. The highest BCUT2D eigenvalue weighted by molar-refractivity contribution is 6.17. The van der Waals surface area contributed by atoms with E-state index < -0.39 is 4.92 Å². The van der Waals surface area contributed by atoms with Crippen molar-refractivity contribution in [3.05, 3.63) is 33.6 Å². The summed E-state index contributed by atoms with van der Waals surface area (Å²) in [7, 11) is 1.73. The molecule has 2 heterocycles. The van der Waals surface area contributed by atoms with Gasteiger partial charge in [-0.05, 0) is 13.0 Å². The molecule has 2 aromatic heterocycles. The summed E-state index contributed by atoms with van der Waals surface area (Å²) in [4.78, 5) is 14.4. The molecule has 0 fully saturated rings. The van der Waals surface area contributed by atoms with E-state index in [-0.39, 0.29) is 11.6 Å². The Kier molecular flexibility index (Phi) is 3.24. The molecule has 18 heavy (non-hydrogen) atoms. The van der Waals surface area contributed by atoms with Crippen molar-refractivity contribution in [3.8, 4) is 11.4 Å². The van der Waals surface area contributed by atoms with Crippen LogP contribution in [0, 0.1) is 17.0 Å². The molecule has 2 aromatic rings. The van der Waals surface area contributed by atoms with Crippen molar-refractivity contribution in [1.29, 1.82) is 0 Å². The van der Waals surface area contributed by atoms with Gasteiger partial charge in [-0.1, -0.05) is 5.21 Å². The number of hydrogen-bond donors (Lipinski definition) is 0. The number of alkyl halides is 1. The smallest absolute Gasteiger partial charge is 0.258 e. The van der Waals surface area contributed by atoms with Crippen LogP contribution in [0.2, 0.25) is 0 Å². The summed E-state index contributed by atoms with van der Waals surface area (Å²) in [6.07, 6.45) is 0. The number of nitro groups is 1. The zero-order valence-corrected chi connectivity index (χ0v) is 10.5. The average molecular weight is 268 g/mol. The summed E-state index contributed by atoms with van der Waals surface area (Å²) in [5.41, 5.74) is 2.11. The van der Waals surface area contributed by atoms with Crippen LogP contribution in [0.3, 0.4) is 0 Å². The predicted molar refractivity (Wildman–Crippen MR) is 65.2 cm³/mol. The second kappa shape index (κ2) is 4.69. The van der Waals surface area contributed by atoms with Gasteiger partial charge in [0.25, 0.3) is 5.69 Å². The fourth-order valence-electron chi connectivity index (χ4n) is 1.60. The topological polar surface area (TPSA) is 86.7 Å². The first-order valence-corrected chi connectivity index (χ1v) is 5.65. The fourth-order valence-corrected chi connectivity index (χ4v) is 1.90. The summed E-state index contributed by atoms with van der Waals surface area (Å²) in [6, 6.07) is 2.95. The fraction of sp³-hybridized carbons (Fsp3) is 0.300. The molecule has 0 aromatic carbocycles. The Morgan fingerprint density at radius 3 is 2.78 bits per heavy atom. The summed E-state index contributed by atoms with van der Waals surface area (Å²) in [5, 5.41) is 18.5. The third-order valence-corrected chi connectivity index (χ3v) is 2.82. The first kappa shape index (κ1) is 12.4. The van der Waals surface area contributed by atoms with Gasteiger partial charge in [-0.15, -0.1) is 16.7 Å². The molecule has 8 heteroatoms. The van der Waals surface area contributed by atoms with Crippen LogP contribution in [-0.2, 0) is 12.9 Å². The van der Waals surface area contributed by atoms with E-state index in [9.17, 15) is 10.1 Å². The number of aromatic nitrogens is 4. The van der Waals surface area contributed by atoms with Gasteiger partial charge in [0.05, 0.1) is 22.2 Å². The van der Waals surface area contributed by atoms with E-state index in [1.807, 2.05) is 0 Å². The first-order valence-electron chi connectivity index (χ1n) is 5.11. The van der Waals surface area contributed by atoms with Gasteiger partial charge in [0.15, 0.2) is 0 Å². The van der Waals surface area contributed by atoms with Crippen molar-refractivity contribution in [1.82, 2.24) is 20.0 Å². The lowest BCUT2D eigenvalue weighted by Gasteiger charge is -2.02. The highest BCUT2D eigenvalue weighted by Gasteiger charge is 2.17. The van der Waals surface area contributed by atoms with E-state index in [1.54, 1.807) is 24.7 Å². The van der Waals surface area contributed by atoms with E-state index in [2.05, 4.69) is 15.3 Å². The zero-order valence-electron chi connectivity index (χ0n) is 9.79. The minimum atomic E-state index is -0.467. The molecule has 0 amide bonds. The zero-order chi connectivity index (χ0) is 13.3. The lowest BCUT2D eigenvalue weighted by atomic mass is 10.2. The predicted octanol–water partition coefficient (Wildman–Crippen LogP) is 1.83. The van der Waals surface area contributed by atoms with Crippen molar-refractivity contribution in [2.24, 2.45) is 7.05 Å². The van der Waals surface area contributed by atoms with Gasteiger partial charge in [-0.25, -0.2) is 4.98 Å². The molecule has 0 saturated carbocycles. The Morgan fingerprint density at radius 1 is 1.50 bits per heavy atom. The Bertz CT molecular complexity index is 610. The van der Waals surface area contributed by atoms with Gasteiger partial charge in [0.1, 0.15) is 11.4 Å². The molecule has 0 atom stereocenters. The number of rotatable bonds is 3. The second-order valence-corrected chi connectivity index (χ2v) is 3.97. The van der Waals surface area contributed by atoms with Crippen LogP contribution in [0.15, 0.2) is 12.1 Å². The van der Waals surface area contributed by atoms with Crippen molar-refractivity contribution in [2.45, 2.75) is 12.8 Å². The van der Waals surface area contributed by atoms with Crippen LogP contribution in [0.4, 0.5) is 5.69 Å². The molecule has 0 aliphatic carbocycles. The van der Waals surface area contributed by atoms with Gasteiger partial charge in [-0.2, -0.15) is 0 Å². The molecule has 0 radical (unpaired) electrons. The Hall–Kier alpha value is -2.02. The van der Waals surface area contributed by atoms with Crippen LogP contribution in [0.5, 0.6) is 0 Å². The van der Waals surface area contributed by atoms with E-state index in [1.165, 1.54) is 6.07 Å². The normalized spacial score (nSPS) is 10.6. The summed E-state index contributed by atoms with van der Waals surface area (Å²) < 4.78 is 1.56. The summed E-state index contributed by atoms with van der Waals surface area (Å²) in [5.74, 6) is 0.247. The van der Waals surface area contributed by atoms with Crippen molar-refractivity contribution in [2.75, 3.05) is 0 Å². The maximum atomic E-state index is 10.7. The van der Waals surface area contributed by atoms with Gasteiger partial charge >= 0.3 is 0 Å². The number of hydrogen-bond acceptors (Lipinski definition) is 5. The SMILES string of the molecule is Cc1nc(-c2nnn(C)c2CCl)ccc1[N+](=O)[O-]. The van der Waals surface area contributed by atoms with E-state index in [4.69, 9.17) is 11.6 Å². The number of pyridine rings is 1. The Labute approximate surface area is 108 Å². The third-order valence-electron chi connectivity index (χ3n) is 2.57. The highest BCUT2D eigenvalue weighted by Crippen LogP contribution is 2.24. The van der Waals surface area contributed by atoms with Crippen LogP contribution >= 0.6 is 11.6 Å². The molecular formula is C10H10ClN5O2. The Balaban J connectivity index is 2.52. The molecule has 7 nitrogen and oxygen atoms in total. The van der Waals surface area contributed by atoms with Crippen LogP contribution in [-0.4, -0.2) is 24.9 Å². The molecule has 0 aliphatic rings. The van der Waals surface area contributed by atoms with Crippen LogP contribution in [0.1, 0.15) is 11.4 Å². The Morgan fingerprint density at radius 2 is 2.22 bits per heavy atom. The van der Waals surface area contributed by atoms with E-state index in [0.29, 0.717) is 17.1 Å². The van der Waals surface area contributed by atoms with Crippen LogP contribution < -0.4 is 0 Å². The monoisotopic (exact) mass is 267 g/mol. The molecule has 0 N–H and O–H groups in total. The largest absolute Gasteiger partial charge is 0.290 e. The lowest BCUT2D eigenvalue weighted by molar-refractivity contribution is -0.385. The average Bonchev–Trinajstić information content (AvgIpc) is 2.69. The maximum absolute atomic E-state index is 10.7. The van der Waals surface area contributed by atoms with Gasteiger partial charge in [0.2, 0.25) is 0 Å². The van der Waals surface area contributed by atoms with Crippen molar-refractivity contribution >= 4 is 17.3 Å². The molecule has 0 aliphatic heterocycles. The second-order valence-electron chi connectivity index (χ2n) is 3.70. The third kappa shape index (κ3) is 2.04. The highest BCUT2D eigenvalue weighted by atomic mass is 35.5. The lowest BCUT2D eigenvalue weighted by Crippen LogP contribution is -1.98. The van der Waals surface area contributed by atoms with E-state index >= 15 is 0 Å². The van der Waals surface area contributed by atoms with E-state index in [0.717, 1.165) is 5.69 Å². The quantitative estimate of drug-likeness (QED) is 0.481. The van der Waals surface area contributed by atoms with Gasteiger partial charge in [-0.3, -0.25) is 14.8 Å². The number of nitrogens with zero attached hydrogens (tertiary/aromatic N) is 5.